The SMILES string of the molecule is C=CNC(C)/C(=C\C(CCC)c1nc(C2=CC3Oc4ccccc4C3C=C2)nc(-c2ccccc2)n1)c1cccc2cccnc12. The van der Waals surface area contributed by atoms with E-state index in [-0.39, 0.29) is 24.0 Å². The number of nitrogens with zero attached hydrogens (tertiary/aromatic N) is 4. The van der Waals surface area contributed by atoms with E-state index in [1.807, 2.05) is 42.6 Å². The molecule has 0 bridgehead atoms. The molecule has 5 aromatic rings. The smallest absolute Gasteiger partial charge is 0.163 e. The summed E-state index contributed by atoms with van der Waals surface area (Å²) in [5, 5.41) is 4.52. The molecule has 6 nitrogen and oxygen atoms in total. The van der Waals surface area contributed by atoms with E-state index in [1.54, 1.807) is 6.20 Å². The summed E-state index contributed by atoms with van der Waals surface area (Å²) < 4.78 is 6.35. The second-order valence-electron chi connectivity index (χ2n) is 11.8. The van der Waals surface area contributed by atoms with Crippen molar-refractivity contribution in [3.63, 3.8) is 0 Å². The first-order chi connectivity index (χ1) is 22.6. The minimum absolute atomic E-state index is 0.0126. The molecule has 0 radical (unpaired) electrons. The molecule has 0 saturated carbocycles. The van der Waals surface area contributed by atoms with Crippen molar-refractivity contribution >= 4 is 22.0 Å². The lowest BCUT2D eigenvalue weighted by Crippen LogP contribution is -2.23. The maximum Gasteiger partial charge on any atom is 0.163 e. The van der Waals surface area contributed by atoms with Crippen LogP contribution in [0.3, 0.4) is 0 Å². The Labute approximate surface area is 270 Å². The number of hydrogen-bond donors (Lipinski definition) is 1. The third kappa shape index (κ3) is 5.74. The highest BCUT2D eigenvalue weighted by Crippen LogP contribution is 2.43. The molecule has 1 aliphatic heterocycles. The van der Waals surface area contributed by atoms with Gasteiger partial charge < -0.3 is 10.1 Å². The highest BCUT2D eigenvalue weighted by molar-refractivity contribution is 5.92. The van der Waals surface area contributed by atoms with Gasteiger partial charge in [0.15, 0.2) is 11.6 Å². The van der Waals surface area contributed by atoms with Crippen LogP contribution >= 0.6 is 0 Å². The van der Waals surface area contributed by atoms with Gasteiger partial charge in [0.25, 0.3) is 0 Å². The molecule has 1 N–H and O–H groups in total. The van der Waals surface area contributed by atoms with Crippen LogP contribution in [0.1, 0.15) is 61.3 Å². The fourth-order valence-electron chi connectivity index (χ4n) is 6.49. The molecule has 2 aliphatic rings. The highest BCUT2D eigenvalue weighted by Gasteiger charge is 2.33. The molecule has 3 aromatic carbocycles. The van der Waals surface area contributed by atoms with Gasteiger partial charge in [-0.15, -0.1) is 0 Å². The van der Waals surface area contributed by atoms with Crippen LogP contribution in [-0.2, 0) is 0 Å². The lowest BCUT2D eigenvalue weighted by molar-refractivity contribution is 0.269. The average Bonchev–Trinajstić information content (AvgIpc) is 3.48. The Morgan fingerprint density at radius 3 is 2.59 bits per heavy atom. The van der Waals surface area contributed by atoms with Gasteiger partial charge in [0.05, 0.1) is 5.52 Å². The van der Waals surface area contributed by atoms with Crippen LogP contribution < -0.4 is 10.1 Å². The van der Waals surface area contributed by atoms with Crippen LogP contribution in [0.25, 0.3) is 33.4 Å². The van der Waals surface area contributed by atoms with Crippen molar-refractivity contribution < 1.29 is 4.74 Å². The topological polar surface area (TPSA) is 72.8 Å². The molecule has 4 atom stereocenters. The molecule has 6 heteroatoms. The van der Waals surface area contributed by atoms with E-state index in [9.17, 15) is 0 Å². The third-order valence-electron chi connectivity index (χ3n) is 8.76. The summed E-state index contributed by atoms with van der Waals surface area (Å²) in [6.45, 7) is 8.30. The minimum Gasteiger partial charge on any atom is -0.485 e. The van der Waals surface area contributed by atoms with E-state index < -0.39 is 0 Å². The Balaban J connectivity index is 1.35. The van der Waals surface area contributed by atoms with E-state index in [4.69, 9.17) is 24.7 Å². The fraction of sp³-hybridized carbons (Fsp3) is 0.200. The Bertz CT molecular complexity index is 1970. The summed E-state index contributed by atoms with van der Waals surface area (Å²) in [5.41, 5.74) is 6.29. The van der Waals surface area contributed by atoms with Crippen LogP contribution in [0.15, 0.2) is 128 Å². The number of allylic oxidation sites excluding steroid dienone is 3. The molecule has 0 fully saturated rings. The molecule has 1 aliphatic carbocycles. The number of pyridine rings is 1. The van der Waals surface area contributed by atoms with Gasteiger partial charge in [-0.25, -0.2) is 15.0 Å². The van der Waals surface area contributed by atoms with Crippen molar-refractivity contribution in [1.82, 2.24) is 25.3 Å². The van der Waals surface area contributed by atoms with Gasteiger partial charge in [0.2, 0.25) is 0 Å². The number of aromatic nitrogens is 4. The first-order valence-electron chi connectivity index (χ1n) is 16.0. The number of para-hydroxylation sites is 2. The van der Waals surface area contributed by atoms with Gasteiger partial charge >= 0.3 is 0 Å². The van der Waals surface area contributed by atoms with E-state index >= 15 is 0 Å². The third-order valence-corrected chi connectivity index (χ3v) is 8.76. The van der Waals surface area contributed by atoms with Gasteiger partial charge in [-0.05, 0) is 43.3 Å². The molecule has 0 amide bonds. The first kappa shape index (κ1) is 29.4. The lowest BCUT2D eigenvalue weighted by Gasteiger charge is -2.22. The van der Waals surface area contributed by atoms with Crippen LogP contribution in [0, 0.1) is 0 Å². The zero-order valence-electron chi connectivity index (χ0n) is 26.2. The number of ether oxygens (including phenoxy) is 1. The predicted octanol–water partition coefficient (Wildman–Crippen LogP) is 8.67. The highest BCUT2D eigenvalue weighted by atomic mass is 16.5. The van der Waals surface area contributed by atoms with Crippen molar-refractivity contribution in [1.29, 1.82) is 0 Å². The lowest BCUT2D eigenvalue weighted by atomic mass is 9.89. The first-order valence-corrected chi connectivity index (χ1v) is 16.0. The Morgan fingerprint density at radius 1 is 0.935 bits per heavy atom. The molecule has 2 aromatic heterocycles. The fourth-order valence-corrected chi connectivity index (χ4v) is 6.49. The van der Waals surface area contributed by atoms with Crippen molar-refractivity contribution in [3.05, 3.63) is 151 Å². The van der Waals surface area contributed by atoms with Gasteiger partial charge in [0.1, 0.15) is 17.7 Å². The quantitative estimate of drug-likeness (QED) is 0.172. The molecule has 46 heavy (non-hydrogen) atoms. The van der Waals surface area contributed by atoms with E-state index in [0.29, 0.717) is 11.6 Å². The monoisotopic (exact) mass is 603 g/mol. The zero-order chi connectivity index (χ0) is 31.5. The average molecular weight is 604 g/mol. The normalized spacial score (nSPS) is 18.2. The van der Waals surface area contributed by atoms with Gasteiger partial charge in [-0.3, -0.25) is 4.98 Å². The predicted molar refractivity (Wildman–Crippen MR) is 186 cm³/mol. The summed E-state index contributed by atoms with van der Waals surface area (Å²) in [6.07, 6.45) is 14.2. The molecule has 228 valence electrons. The summed E-state index contributed by atoms with van der Waals surface area (Å²) in [4.78, 5) is 20.1. The Kier molecular flexibility index (Phi) is 8.26. The zero-order valence-corrected chi connectivity index (χ0v) is 26.2. The van der Waals surface area contributed by atoms with E-state index in [0.717, 1.165) is 57.6 Å². The maximum absolute atomic E-state index is 6.35. The van der Waals surface area contributed by atoms with E-state index in [2.05, 4.69) is 98.6 Å². The number of nitrogens with one attached hydrogen (secondary N) is 1. The van der Waals surface area contributed by atoms with Crippen LogP contribution in [-0.4, -0.2) is 32.1 Å². The van der Waals surface area contributed by atoms with Gasteiger partial charge in [-0.1, -0.05) is 111 Å². The number of hydrogen-bond acceptors (Lipinski definition) is 6. The molecular formula is C40H37N5O. The van der Waals surface area contributed by atoms with Crippen LogP contribution in [0.5, 0.6) is 5.75 Å². The number of rotatable bonds is 10. The second-order valence-corrected chi connectivity index (χ2v) is 11.8. The molecule has 3 heterocycles. The van der Waals surface area contributed by atoms with Gasteiger partial charge in [-0.2, -0.15) is 0 Å². The number of fused-ring (bicyclic) bond motifs is 4. The summed E-state index contributed by atoms with van der Waals surface area (Å²) in [6, 6.07) is 28.8. The molecular weight excluding hydrogens is 566 g/mol. The standard InChI is InChI=1S/C40H37N5O/c1-4-13-29(24-34(26(3)41-5-2)33-19-11-16-27-17-12-23-42-37(27)33)39-43-38(28-14-7-6-8-15-28)44-40(45-39)30-21-22-32-31-18-9-10-20-35(31)46-36(32)25-30/h5-12,14-26,29,32,36,41H,2,4,13H2,1,3H3/b34-24+. The van der Waals surface area contributed by atoms with Crippen molar-refractivity contribution in [3.8, 4) is 17.1 Å². The summed E-state index contributed by atoms with van der Waals surface area (Å²) >= 11 is 0. The second kappa shape index (κ2) is 12.9. The van der Waals surface area contributed by atoms with E-state index in [1.165, 1.54) is 5.56 Å². The van der Waals surface area contributed by atoms with Crippen molar-refractivity contribution in [2.45, 2.75) is 50.7 Å². The largest absolute Gasteiger partial charge is 0.485 e. The van der Waals surface area contributed by atoms with Crippen molar-refractivity contribution in [2.75, 3.05) is 0 Å². The molecule has 0 spiro atoms. The minimum atomic E-state index is -0.0968. The summed E-state index contributed by atoms with van der Waals surface area (Å²) in [5.74, 6) is 3.11. The maximum atomic E-state index is 6.35. The summed E-state index contributed by atoms with van der Waals surface area (Å²) in [7, 11) is 0. The van der Waals surface area contributed by atoms with Crippen LogP contribution in [0.2, 0.25) is 0 Å². The van der Waals surface area contributed by atoms with Gasteiger partial charge in [0, 0.05) is 51.7 Å². The Morgan fingerprint density at radius 2 is 1.74 bits per heavy atom. The van der Waals surface area contributed by atoms with Crippen molar-refractivity contribution in [2.24, 2.45) is 0 Å². The number of benzene rings is 3. The Hall–Kier alpha value is -5.36. The van der Waals surface area contributed by atoms with Crippen LogP contribution in [0.4, 0.5) is 0 Å². The molecule has 0 saturated heterocycles. The molecule has 7 rings (SSSR count). The molecule has 4 unspecified atom stereocenters.